The van der Waals surface area contributed by atoms with Crippen LogP contribution in [0, 0.1) is 0 Å². The highest BCUT2D eigenvalue weighted by Gasteiger charge is 1.99. The lowest BCUT2D eigenvalue weighted by atomic mass is 10.2. The molecule has 0 fully saturated rings. The van der Waals surface area contributed by atoms with E-state index in [4.69, 9.17) is 11.6 Å². The first-order chi connectivity index (χ1) is 5.83. The van der Waals surface area contributed by atoms with E-state index in [1.54, 1.807) is 0 Å². The van der Waals surface area contributed by atoms with Crippen molar-refractivity contribution in [3.8, 4) is 0 Å². The Morgan fingerprint density at radius 3 is 2.58 bits per heavy atom. The van der Waals surface area contributed by atoms with E-state index in [1.807, 2.05) is 30.3 Å². The number of hydrogen-bond donors (Lipinski definition) is 0. The zero-order valence-electron chi connectivity index (χ0n) is 6.50. The zero-order valence-corrected chi connectivity index (χ0v) is 8.07. The van der Waals surface area contributed by atoms with Gasteiger partial charge in [0.05, 0.1) is 5.88 Å². The monoisotopic (exact) mass is 200 g/mol. The van der Waals surface area contributed by atoms with Crippen LogP contribution >= 0.6 is 23.4 Å². The van der Waals surface area contributed by atoms with Crippen molar-refractivity contribution in [3.63, 3.8) is 0 Å². The van der Waals surface area contributed by atoms with Crippen LogP contribution in [0.15, 0.2) is 30.3 Å². The van der Waals surface area contributed by atoms with Crippen LogP contribution in [0.25, 0.3) is 0 Å². The van der Waals surface area contributed by atoms with Crippen molar-refractivity contribution >= 4 is 28.5 Å². The zero-order chi connectivity index (χ0) is 8.81. The first-order valence-corrected chi connectivity index (χ1v) is 5.10. The van der Waals surface area contributed by atoms with E-state index in [2.05, 4.69) is 0 Å². The summed E-state index contributed by atoms with van der Waals surface area (Å²) in [7, 11) is 0. The molecule has 0 amide bonds. The first kappa shape index (κ1) is 9.62. The summed E-state index contributed by atoms with van der Waals surface area (Å²) in [6, 6.07) is 9.86. The molecule has 0 unspecified atom stereocenters. The van der Waals surface area contributed by atoms with Crippen molar-refractivity contribution in [3.05, 3.63) is 35.9 Å². The second kappa shape index (κ2) is 5.22. The van der Waals surface area contributed by atoms with Crippen LogP contribution in [0.4, 0.5) is 0 Å². The van der Waals surface area contributed by atoms with Gasteiger partial charge >= 0.3 is 0 Å². The van der Waals surface area contributed by atoms with Gasteiger partial charge in [0.2, 0.25) is 5.12 Å². The fourth-order valence-electron chi connectivity index (χ4n) is 0.777. The van der Waals surface area contributed by atoms with Gasteiger partial charge in [0.1, 0.15) is 0 Å². The van der Waals surface area contributed by atoms with Gasteiger partial charge in [-0.05, 0) is 5.56 Å². The third kappa shape index (κ3) is 3.28. The Bertz CT molecular complexity index is 248. The standard InChI is InChI=1S/C9H9ClOS/c10-6-9(11)12-7-8-4-2-1-3-5-8/h1-5H,6-7H2. The van der Waals surface area contributed by atoms with Gasteiger partial charge in [-0.15, -0.1) is 11.6 Å². The van der Waals surface area contributed by atoms with Gasteiger partial charge in [-0.3, -0.25) is 4.79 Å². The third-order valence-corrected chi connectivity index (χ3v) is 2.70. The Kier molecular flexibility index (Phi) is 4.19. The number of alkyl halides is 1. The fourth-order valence-corrected chi connectivity index (χ4v) is 1.61. The smallest absolute Gasteiger partial charge is 0.204 e. The number of carbonyl (C=O) groups excluding carboxylic acids is 1. The molecule has 0 bridgehead atoms. The lowest BCUT2D eigenvalue weighted by Gasteiger charge is -1.97. The maximum atomic E-state index is 10.8. The van der Waals surface area contributed by atoms with E-state index >= 15 is 0 Å². The minimum atomic E-state index is 0.0283. The molecule has 0 N–H and O–H groups in total. The van der Waals surface area contributed by atoms with Gasteiger partial charge in [-0.1, -0.05) is 42.1 Å². The van der Waals surface area contributed by atoms with E-state index in [0.29, 0.717) is 5.75 Å². The summed E-state index contributed by atoms with van der Waals surface area (Å²) in [6.45, 7) is 0. The molecule has 1 nitrogen and oxygen atoms in total. The van der Waals surface area contributed by atoms with E-state index in [0.717, 1.165) is 5.56 Å². The number of benzene rings is 1. The minimum absolute atomic E-state index is 0.0283. The van der Waals surface area contributed by atoms with Crippen LogP contribution in [-0.2, 0) is 10.5 Å². The van der Waals surface area contributed by atoms with Gasteiger partial charge in [0.15, 0.2) is 0 Å². The van der Waals surface area contributed by atoms with Gasteiger partial charge in [-0.25, -0.2) is 0 Å². The predicted octanol–water partition coefficient (Wildman–Crippen LogP) is 2.69. The first-order valence-electron chi connectivity index (χ1n) is 3.58. The van der Waals surface area contributed by atoms with Crippen LogP contribution in [0.5, 0.6) is 0 Å². The van der Waals surface area contributed by atoms with Gasteiger partial charge < -0.3 is 0 Å². The van der Waals surface area contributed by atoms with Crippen molar-refractivity contribution in [1.29, 1.82) is 0 Å². The van der Waals surface area contributed by atoms with Crippen LogP contribution in [0.2, 0.25) is 0 Å². The highest BCUT2D eigenvalue weighted by atomic mass is 35.5. The van der Waals surface area contributed by atoms with Crippen LogP contribution in [0.1, 0.15) is 5.56 Å². The molecule has 12 heavy (non-hydrogen) atoms. The van der Waals surface area contributed by atoms with Crippen molar-refractivity contribution < 1.29 is 4.79 Å². The molecule has 0 aromatic heterocycles. The summed E-state index contributed by atoms with van der Waals surface area (Å²) in [5.74, 6) is 0.809. The predicted molar refractivity (Wildman–Crippen MR) is 53.5 cm³/mol. The average Bonchev–Trinajstić information content (AvgIpc) is 2.16. The summed E-state index contributed by atoms with van der Waals surface area (Å²) in [6.07, 6.45) is 0. The number of carbonyl (C=O) groups is 1. The molecule has 1 rings (SSSR count). The van der Waals surface area contributed by atoms with Gasteiger partial charge in [0, 0.05) is 5.75 Å². The molecule has 0 aliphatic carbocycles. The quantitative estimate of drug-likeness (QED) is 0.698. The van der Waals surface area contributed by atoms with Gasteiger partial charge in [0.25, 0.3) is 0 Å². The second-order valence-electron chi connectivity index (χ2n) is 2.28. The fraction of sp³-hybridized carbons (Fsp3) is 0.222. The Hall–Kier alpha value is -0.470. The molecular formula is C9H9ClOS. The molecular weight excluding hydrogens is 192 g/mol. The SMILES string of the molecule is O=C(CCl)SCc1ccccc1. The van der Waals surface area contributed by atoms with Crippen LogP contribution < -0.4 is 0 Å². The molecule has 0 atom stereocenters. The minimum Gasteiger partial charge on any atom is -0.286 e. The molecule has 0 spiro atoms. The number of hydrogen-bond acceptors (Lipinski definition) is 2. The van der Waals surface area contributed by atoms with Crippen molar-refractivity contribution in [1.82, 2.24) is 0 Å². The number of thioether (sulfide) groups is 1. The summed E-state index contributed by atoms with van der Waals surface area (Å²) in [4.78, 5) is 10.8. The summed E-state index contributed by atoms with van der Waals surface area (Å²) >= 11 is 6.61. The molecule has 0 heterocycles. The lowest BCUT2D eigenvalue weighted by Crippen LogP contribution is -1.92. The topological polar surface area (TPSA) is 17.1 Å². The molecule has 0 aliphatic heterocycles. The summed E-state index contributed by atoms with van der Waals surface area (Å²) < 4.78 is 0. The van der Waals surface area contributed by atoms with E-state index in [1.165, 1.54) is 11.8 Å². The maximum absolute atomic E-state index is 10.8. The van der Waals surface area contributed by atoms with Gasteiger partial charge in [-0.2, -0.15) is 0 Å². The second-order valence-corrected chi connectivity index (χ2v) is 3.58. The Morgan fingerprint density at radius 2 is 2.00 bits per heavy atom. The Labute approximate surface area is 81.1 Å². The molecule has 64 valence electrons. The lowest BCUT2D eigenvalue weighted by molar-refractivity contribution is -0.108. The van der Waals surface area contributed by atoms with E-state index < -0.39 is 0 Å². The highest BCUT2D eigenvalue weighted by molar-refractivity contribution is 8.13. The van der Waals surface area contributed by atoms with Crippen LogP contribution in [-0.4, -0.2) is 11.0 Å². The molecule has 0 saturated heterocycles. The summed E-state index contributed by atoms with van der Waals surface area (Å²) in [5.41, 5.74) is 1.15. The molecule has 0 saturated carbocycles. The number of halogens is 1. The van der Waals surface area contributed by atoms with Crippen molar-refractivity contribution in [2.45, 2.75) is 5.75 Å². The van der Waals surface area contributed by atoms with Crippen LogP contribution in [0.3, 0.4) is 0 Å². The Balaban J connectivity index is 2.38. The molecule has 1 aromatic rings. The highest BCUT2D eigenvalue weighted by Crippen LogP contribution is 2.12. The maximum Gasteiger partial charge on any atom is 0.204 e. The average molecular weight is 201 g/mol. The molecule has 0 aliphatic rings. The molecule has 0 radical (unpaired) electrons. The third-order valence-electron chi connectivity index (χ3n) is 1.35. The number of rotatable bonds is 3. The van der Waals surface area contributed by atoms with Crippen molar-refractivity contribution in [2.24, 2.45) is 0 Å². The summed E-state index contributed by atoms with van der Waals surface area (Å²) in [5, 5.41) is 0.0283. The van der Waals surface area contributed by atoms with E-state index in [9.17, 15) is 4.79 Å². The molecule has 3 heteroatoms. The van der Waals surface area contributed by atoms with E-state index in [-0.39, 0.29) is 11.0 Å². The normalized spacial score (nSPS) is 9.75. The Morgan fingerprint density at radius 1 is 1.33 bits per heavy atom. The van der Waals surface area contributed by atoms with Crippen molar-refractivity contribution in [2.75, 3.05) is 5.88 Å². The molecule has 1 aromatic carbocycles. The largest absolute Gasteiger partial charge is 0.286 e.